The molecule has 1 aliphatic heterocycles. The van der Waals surface area contributed by atoms with E-state index in [1.807, 2.05) is 68.4 Å². The van der Waals surface area contributed by atoms with E-state index in [9.17, 15) is 9.59 Å². The zero-order chi connectivity index (χ0) is 27.5. The quantitative estimate of drug-likeness (QED) is 0.206. The highest BCUT2D eigenvalue weighted by atomic mass is 16.5. The topological polar surface area (TPSA) is 69.0 Å². The van der Waals surface area contributed by atoms with Crippen LogP contribution < -0.4 is 14.9 Å². The van der Waals surface area contributed by atoms with Gasteiger partial charge in [-0.25, -0.2) is 0 Å². The van der Waals surface area contributed by atoms with Crippen molar-refractivity contribution in [1.29, 1.82) is 0 Å². The number of benzene rings is 3. The summed E-state index contributed by atoms with van der Waals surface area (Å²) in [5.41, 5.74) is 4.42. The Morgan fingerprint density at radius 1 is 0.872 bits per heavy atom. The number of methoxy groups -OCH3 is 1. The van der Waals surface area contributed by atoms with E-state index in [4.69, 9.17) is 13.9 Å². The van der Waals surface area contributed by atoms with Crippen LogP contribution in [0.4, 0.5) is 0 Å². The van der Waals surface area contributed by atoms with E-state index in [1.165, 1.54) is 12.8 Å². The summed E-state index contributed by atoms with van der Waals surface area (Å²) < 4.78 is 17.8. The minimum absolute atomic E-state index is 0.101. The number of carbonyl (C=O) groups excluding carboxylic acids is 1. The predicted octanol–water partition coefficient (Wildman–Crippen LogP) is 7.12. The van der Waals surface area contributed by atoms with Crippen LogP contribution in [0.2, 0.25) is 0 Å². The highest BCUT2D eigenvalue weighted by molar-refractivity contribution is 5.99. The Labute approximate surface area is 229 Å². The van der Waals surface area contributed by atoms with Crippen LogP contribution in [-0.2, 0) is 6.54 Å². The van der Waals surface area contributed by atoms with Crippen molar-refractivity contribution >= 4 is 16.9 Å². The second-order valence-electron chi connectivity index (χ2n) is 10.3. The second kappa shape index (κ2) is 11.4. The third-order valence-corrected chi connectivity index (χ3v) is 7.35. The number of aryl methyl sites for hydroxylation is 2. The molecule has 0 aliphatic carbocycles. The maximum absolute atomic E-state index is 13.9. The third-order valence-electron chi connectivity index (χ3n) is 7.35. The fraction of sp³-hybridized carbons (Fsp3) is 0.333. The molecule has 1 aliphatic rings. The summed E-state index contributed by atoms with van der Waals surface area (Å²) in [6.45, 7) is 7.08. The summed E-state index contributed by atoms with van der Waals surface area (Å²) in [7, 11) is 1.60. The van der Waals surface area contributed by atoms with E-state index in [1.54, 1.807) is 18.1 Å². The molecule has 0 saturated carbocycles. The standard InChI is InChI=1S/C33H35NO5/c1-5-6-7-8-17-38-27-16-14-24(19-28(27)37-4)30-29-31(35)25-18-22(3)11-15-26(25)39-32(29)33(36)34(30)20-23-12-9-21(2)10-13-23/h9-16,18-19,30H,5-8,17,20H2,1-4H3. The van der Waals surface area contributed by atoms with Gasteiger partial charge in [-0.3, -0.25) is 9.59 Å². The monoisotopic (exact) mass is 525 g/mol. The highest BCUT2D eigenvalue weighted by Crippen LogP contribution is 2.41. The largest absolute Gasteiger partial charge is 0.493 e. The lowest BCUT2D eigenvalue weighted by molar-refractivity contribution is 0.0714. The average Bonchev–Trinajstić information content (AvgIpc) is 3.21. The van der Waals surface area contributed by atoms with Crippen LogP contribution in [0.15, 0.2) is 69.9 Å². The second-order valence-corrected chi connectivity index (χ2v) is 10.3. The molecule has 1 atom stereocenters. The van der Waals surface area contributed by atoms with Crippen LogP contribution in [0.3, 0.4) is 0 Å². The molecule has 1 unspecified atom stereocenters. The van der Waals surface area contributed by atoms with Crippen molar-refractivity contribution in [1.82, 2.24) is 4.90 Å². The fourth-order valence-corrected chi connectivity index (χ4v) is 5.22. The van der Waals surface area contributed by atoms with E-state index >= 15 is 0 Å². The molecule has 202 valence electrons. The number of amides is 1. The van der Waals surface area contributed by atoms with E-state index in [-0.39, 0.29) is 17.1 Å². The molecule has 2 heterocycles. The van der Waals surface area contributed by atoms with Crippen LogP contribution in [0.25, 0.3) is 11.0 Å². The zero-order valence-electron chi connectivity index (χ0n) is 23.1. The van der Waals surface area contributed by atoms with Gasteiger partial charge in [0, 0.05) is 6.54 Å². The van der Waals surface area contributed by atoms with Crippen molar-refractivity contribution in [2.45, 2.75) is 59.0 Å². The average molecular weight is 526 g/mol. The van der Waals surface area contributed by atoms with Crippen molar-refractivity contribution in [3.8, 4) is 11.5 Å². The van der Waals surface area contributed by atoms with E-state index in [0.29, 0.717) is 41.2 Å². The minimum atomic E-state index is -0.623. The number of hydrogen-bond donors (Lipinski definition) is 0. The summed E-state index contributed by atoms with van der Waals surface area (Å²) in [5.74, 6) is 1.02. The van der Waals surface area contributed by atoms with Crippen molar-refractivity contribution in [3.05, 3.63) is 104 Å². The molecule has 39 heavy (non-hydrogen) atoms. The Bertz CT molecular complexity index is 1550. The van der Waals surface area contributed by atoms with Gasteiger partial charge in [0.2, 0.25) is 5.76 Å². The zero-order valence-corrected chi connectivity index (χ0v) is 23.1. The molecule has 0 bridgehead atoms. The first kappa shape index (κ1) is 26.5. The van der Waals surface area contributed by atoms with Gasteiger partial charge < -0.3 is 18.8 Å². The van der Waals surface area contributed by atoms with Gasteiger partial charge in [0.15, 0.2) is 16.9 Å². The Morgan fingerprint density at radius 2 is 1.64 bits per heavy atom. The lowest BCUT2D eigenvalue weighted by atomic mass is 9.97. The lowest BCUT2D eigenvalue weighted by Crippen LogP contribution is -2.29. The van der Waals surface area contributed by atoms with Crippen LogP contribution in [-0.4, -0.2) is 24.5 Å². The van der Waals surface area contributed by atoms with Crippen LogP contribution in [0.5, 0.6) is 11.5 Å². The number of ether oxygens (including phenoxy) is 2. The van der Waals surface area contributed by atoms with E-state index in [2.05, 4.69) is 6.92 Å². The Balaban J connectivity index is 1.58. The smallest absolute Gasteiger partial charge is 0.291 e. The SMILES string of the molecule is CCCCCCOc1ccc(C2c3c(oc4ccc(C)cc4c3=O)C(=O)N2Cc2ccc(C)cc2)cc1OC. The molecular formula is C33H35NO5. The van der Waals surface area contributed by atoms with Gasteiger partial charge in [-0.1, -0.05) is 73.7 Å². The van der Waals surface area contributed by atoms with Gasteiger partial charge in [-0.05, 0) is 55.7 Å². The first-order valence-electron chi connectivity index (χ1n) is 13.7. The Kier molecular flexibility index (Phi) is 7.73. The number of carbonyl (C=O) groups is 1. The van der Waals surface area contributed by atoms with Crippen molar-refractivity contribution in [2.75, 3.05) is 13.7 Å². The molecule has 3 aromatic carbocycles. The van der Waals surface area contributed by atoms with Crippen molar-refractivity contribution in [3.63, 3.8) is 0 Å². The Hall–Kier alpha value is -4.06. The number of rotatable bonds is 10. The first-order valence-corrected chi connectivity index (χ1v) is 13.7. The van der Waals surface area contributed by atoms with Gasteiger partial charge in [0.25, 0.3) is 5.91 Å². The Morgan fingerprint density at radius 3 is 2.38 bits per heavy atom. The summed E-state index contributed by atoms with van der Waals surface area (Å²) in [6, 6.07) is 18.5. The molecular weight excluding hydrogens is 490 g/mol. The molecule has 0 fully saturated rings. The fourth-order valence-electron chi connectivity index (χ4n) is 5.22. The summed E-state index contributed by atoms with van der Waals surface area (Å²) >= 11 is 0. The first-order chi connectivity index (χ1) is 18.9. The van der Waals surface area contributed by atoms with Crippen LogP contribution in [0, 0.1) is 13.8 Å². The molecule has 0 spiro atoms. The molecule has 4 aromatic rings. The molecule has 6 nitrogen and oxygen atoms in total. The lowest BCUT2D eigenvalue weighted by Gasteiger charge is -2.26. The third kappa shape index (κ3) is 5.29. The maximum Gasteiger partial charge on any atom is 0.291 e. The molecule has 0 saturated heterocycles. The number of hydrogen-bond acceptors (Lipinski definition) is 5. The van der Waals surface area contributed by atoms with Gasteiger partial charge >= 0.3 is 0 Å². The van der Waals surface area contributed by atoms with Crippen molar-refractivity contribution < 1.29 is 18.7 Å². The number of fused-ring (bicyclic) bond motifs is 2. The van der Waals surface area contributed by atoms with Crippen molar-refractivity contribution in [2.24, 2.45) is 0 Å². The van der Waals surface area contributed by atoms with E-state index < -0.39 is 6.04 Å². The predicted molar refractivity (Wildman–Crippen MR) is 153 cm³/mol. The number of unbranched alkanes of at least 4 members (excludes halogenated alkanes) is 3. The molecule has 6 heteroatoms. The van der Waals surface area contributed by atoms with Crippen LogP contribution >= 0.6 is 0 Å². The molecule has 5 rings (SSSR count). The molecule has 0 N–H and O–H groups in total. The summed E-state index contributed by atoms with van der Waals surface area (Å²) in [6.07, 6.45) is 4.44. The van der Waals surface area contributed by atoms with Gasteiger partial charge in [-0.2, -0.15) is 0 Å². The van der Waals surface area contributed by atoms with Gasteiger partial charge in [-0.15, -0.1) is 0 Å². The maximum atomic E-state index is 13.9. The normalized spacial score (nSPS) is 14.6. The summed E-state index contributed by atoms with van der Waals surface area (Å²) in [5, 5.41) is 0.475. The highest BCUT2D eigenvalue weighted by Gasteiger charge is 2.43. The molecule has 1 amide bonds. The van der Waals surface area contributed by atoms with Gasteiger partial charge in [0.1, 0.15) is 5.58 Å². The van der Waals surface area contributed by atoms with Gasteiger partial charge in [0.05, 0.1) is 30.7 Å². The molecule has 0 radical (unpaired) electrons. The molecule has 1 aromatic heterocycles. The summed E-state index contributed by atoms with van der Waals surface area (Å²) in [4.78, 5) is 29.4. The minimum Gasteiger partial charge on any atom is -0.493 e. The number of nitrogens with zero attached hydrogens (tertiary/aromatic N) is 1. The van der Waals surface area contributed by atoms with Crippen LogP contribution in [0.1, 0.15) is 77.0 Å². The van der Waals surface area contributed by atoms with E-state index in [0.717, 1.165) is 35.1 Å².